The van der Waals surface area contributed by atoms with E-state index in [1.54, 1.807) is 18.2 Å². The molecule has 0 N–H and O–H groups in total. The molecule has 3 aromatic rings. The predicted molar refractivity (Wildman–Crippen MR) is 120 cm³/mol. The van der Waals surface area contributed by atoms with Crippen molar-refractivity contribution in [2.45, 2.75) is 18.7 Å². The van der Waals surface area contributed by atoms with Crippen LogP contribution in [0.3, 0.4) is 0 Å². The number of hydrogen-bond donors (Lipinski definition) is 0. The Morgan fingerprint density at radius 1 is 1.03 bits per heavy atom. The van der Waals surface area contributed by atoms with Crippen LogP contribution in [-0.2, 0) is 0 Å². The molecule has 0 saturated carbocycles. The van der Waals surface area contributed by atoms with Gasteiger partial charge in [0, 0.05) is 39.7 Å². The van der Waals surface area contributed by atoms with E-state index in [0.717, 1.165) is 16.8 Å². The SMILES string of the molecule is O=[N+]([O-])c1cccc([C@H]2Oc3c(Cl)cc(Cl)cc3[C@H]3CC(c4ccc(Cl)cc4)=NN32)c1. The molecule has 2 heterocycles. The number of benzene rings is 3. The first-order valence-electron chi connectivity index (χ1n) is 9.42. The maximum atomic E-state index is 11.3. The Kier molecular flexibility index (Phi) is 5.01. The number of non-ortho nitro benzene ring substituents is 1. The highest BCUT2D eigenvalue weighted by atomic mass is 35.5. The van der Waals surface area contributed by atoms with Crippen molar-refractivity contribution in [3.8, 4) is 5.75 Å². The lowest BCUT2D eigenvalue weighted by molar-refractivity contribution is -0.385. The summed E-state index contributed by atoms with van der Waals surface area (Å²) in [5, 5.41) is 19.5. The van der Waals surface area contributed by atoms with Crippen molar-refractivity contribution in [1.29, 1.82) is 0 Å². The Balaban J connectivity index is 1.63. The number of halogens is 3. The van der Waals surface area contributed by atoms with Crippen LogP contribution >= 0.6 is 34.8 Å². The maximum Gasteiger partial charge on any atom is 0.269 e. The van der Waals surface area contributed by atoms with Gasteiger partial charge in [-0.2, -0.15) is 5.10 Å². The van der Waals surface area contributed by atoms with Crippen LogP contribution in [0.15, 0.2) is 65.8 Å². The molecule has 31 heavy (non-hydrogen) atoms. The predicted octanol–water partition coefficient (Wildman–Crippen LogP) is 6.80. The lowest BCUT2D eigenvalue weighted by Gasteiger charge is -2.38. The van der Waals surface area contributed by atoms with Crippen molar-refractivity contribution in [2.24, 2.45) is 5.10 Å². The molecule has 0 saturated heterocycles. The molecule has 6 nitrogen and oxygen atoms in total. The van der Waals surface area contributed by atoms with Gasteiger partial charge in [0.15, 0.2) is 0 Å². The number of nitro groups is 1. The molecule has 0 amide bonds. The second-order valence-corrected chi connectivity index (χ2v) is 8.56. The highest BCUT2D eigenvalue weighted by Gasteiger charge is 2.42. The van der Waals surface area contributed by atoms with Crippen LogP contribution in [0.5, 0.6) is 5.75 Å². The minimum atomic E-state index is -0.680. The van der Waals surface area contributed by atoms with Gasteiger partial charge >= 0.3 is 0 Å². The van der Waals surface area contributed by atoms with Gasteiger partial charge in [-0.3, -0.25) is 10.1 Å². The summed E-state index contributed by atoms with van der Waals surface area (Å²) >= 11 is 18.8. The Morgan fingerprint density at radius 3 is 2.55 bits per heavy atom. The van der Waals surface area contributed by atoms with E-state index in [4.69, 9.17) is 44.6 Å². The van der Waals surface area contributed by atoms with E-state index in [0.29, 0.717) is 32.8 Å². The normalized spacial score (nSPS) is 19.3. The quantitative estimate of drug-likeness (QED) is 0.309. The monoisotopic (exact) mass is 473 g/mol. The van der Waals surface area contributed by atoms with E-state index in [2.05, 4.69) is 0 Å². The molecule has 5 rings (SSSR count). The van der Waals surface area contributed by atoms with E-state index in [1.165, 1.54) is 12.1 Å². The van der Waals surface area contributed by atoms with Gasteiger partial charge in [0.2, 0.25) is 6.23 Å². The van der Waals surface area contributed by atoms with Crippen LogP contribution < -0.4 is 4.74 Å². The second-order valence-electron chi connectivity index (χ2n) is 7.28. The lowest BCUT2D eigenvalue weighted by atomic mass is 9.96. The van der Waals surface area contributed by atoms with Gasteiger partial charge < -0.3 is 4.74 Å². The molecule has 2 atom stereocenters. The molecule has 156 valence electrons. The van der Waals surface area contributed by atoms with Crippen LogP contribution in [0.2, 0.25) is 15.1 Å². The lowest BCUT2D eigenvalue weighted by Crippen LogP contribution is -2.33. The summed E-state index contributed by atoms with van der Waals surface area (Å²) in [5.74, 6) is 0.511. The third-order valence-corrected chi connectivity index (χ3v) is 6.10. The van der Waals surface area contributed by atoms with Crippen molar-refractivity contribution in [1.82, 2.24) is 5.01 Å². The van der Waals surface area contributed by atoms with Crippen LogP contribution in [0.25, 0.3) is 0 Å². The zero-order chi connectivity index (χ0) is 21.7. The fourth-order valence-electron chi connectivity index (χ4n) is 3.94. The summed E-state index contributed by atoms with van der Waals surface area (Å²) in [5.41, 5.74) is 3.20. The third-order valence-electron chi connectivity index (χ3n) is 5.35. The van der Waals surface area contributed by atoms with Gasteiger partial charge in [-0.25, -0.2) is 5.01 Å². The topological polar surface area (TPSA) is 68.0 Å². The number of rotatable bonds is 3. The van der Waals surface area contributed by atoms with E-state index >= 15 is 0 Å². The first kappa shape index (κ1) is 20.1. The van der Waals surface area contributed by atoms with Crippen LogP contribution in [0.4, 0.5) is 5.69 Å². The fraction of sp³-hybridized carbons (Fsp3) is 0.136. The highest BCUT2D eigenvalue weighted by molar-refractivity contribution is 6.35. The molecule has 9 heteroatoms. The summed E-state index contributed by atoms with van der Waals surface area (Å²) in [6.45, 7) is 0. The average molecular weight is 475 g/mol. The summed E-state index contributed by atoms with van der Waals surface area (Å²) in [6.07, 6.45) is -0.0824. The van der Waals surface area contributed by atoms with Crippen molar-refractivity contribution in [3.63, 3.8) is 0 Å². The first-order valence-corrected chi connectivity index (χ1v) is 10.6. The van der Waals surface area contributed by atoms with E-state index in [1.807, 2.05) is 35.3 Å². The van der Waals surface area contributed by atoms with Gasteiger partial charge in [-0.05, 0) is 29.8 Å². The molecule has 0 aliphatic carbocycles. The van der Waals surface area contributed by atoms with Gasteiger partial charge in [0.05, 0.1) is 21.7 Å². The maximum absolute atomic E-state index is 11.3. The molecule has 0 aromatic heterocycles. The summed E-state index contributed by atoms with van der Waals surface area (Å²) in [6, 6.07) is 17.0. The molecule has 3 aromatic carbocycles. The molecule has 0 unspecified atom stereocenters. The number of hydrazone groups is 1. The van der Waals surface area contributed by atoms with E-state index < -0.39 is 11.2 Å². The molecular weight excluding hydrogens is 461 g/mol. The summed E-state index contributed by atoms with van der Waals surface area (Å²) < 4.78 is 6.24. The van der Waals surface area contributed by atoms with Gasteiger partial charge in [0.1, 0.15) is 5.75 Å². The van der Waals surface area contributed by atoms with E-state index in [9.17, 15) is 10.1 Å². The molecule has 0 spiro atoms. The Hall–Kier alpha value is -2.80. The minimum absolute atomic E-state index is 0.0215. The van der Waals surface area contributed by atoms with Crippen LogP contribution in [0, 0.1) is 10.1 Å². The number of nitro benzene ring substituents is 1. The van der Waals surface area contributed by atoms with Crippen molar-refractivity contribution >= 4 is 46.2 Å². The second kappa shape index (κ2) is 7.71. The molecule has 2 aliphatic heterocycles. The standard InChI is InChI=1S/C22H14Cl3N3O3/c23-14-6-4-12(5-7-14)19-11-20-17-9-15(24)10-18(25)21(17)31-22(27(20)26-19)13-2-1-3-16(8-13)28(29)30/h1-10,20,22H,11H2/t20-,22-/m1/s1. The number of nitrogens with zero attached hydrogens (tertiary/aromatic N) is 3. The van der Waals surface area contributed by atoms with E-state index in [-0.39, 0.29) is 11.7 Å². The highest BCUT2D eigenvalue weighted by Crippen LogP contribution is 2.51. The molecule has 0 bridgehead atoms. The van der Waals surface area contributed by atoms with Gasteiger partial charge in [0.25, 0.3) is 5.69 Å². The summed E-state index contributed by atoms with van der Waals surface area (Å²) in [4.78, 5) is 10.9. The molecular formula is C22H14Cl3N3O3. The number of fused-ring (bicyclic) bond motifs is 3. The van der Waals surface area contributed by atoms with Crippen molar-refractivity contribution < 1.29 is 9.66 Å². The molecule has 2 aliphatic rings. The molecule has 0 fully saturated rings. The largest absolute Gasteiger partial charge is 0.463 e. The minimum Gasteiger partial charge on any atom is -0.463 e. The van der Waals surface area contributed by atoms with Gasteiger partial charge in [-0.1, -0.05) is 59.1 Å². The molecule has 0 radical (unpaired) electrons. The average Bonchev–Trinajstić information content (AvgIpc) is 3.19. The number of ether oxygens (including phenoxy) is 1. The first-order chi connectivity index (χ1) is 14.9. The van der Waals surface area contributed by atoms with Crippen LogP contribution in [-0.4, -0.2) is 15.6 Å². The Labute approximate surface area is 192 Å². The van der Waals surface area contributed by atoms with Crippen molar-refractivity contribution in [3.05, 3.63) is 103 Å². The fourth-order valence-corrected chi connectivity index (χ4v) is 4.62. The Bertz CT molecular complexity index is 1230. The Morgan fingerprint density at radius 2 is 1.81 bits per heavy atom. The smallest absolute Gasteiger partial charge is 0.269 e. The summed E-state index contributed by atoms with van der Waals surface area (Å²) in [7, 11) is 0. The zero-order valence-electron chi connectivity index (χ0n) is 15.8. The third kappa shape index (κ3) is 3.61. The number of hydrogen-bond acceptors (Lipinski definition) is 5. The van der Waals surface area contributed by atoms with Crippen LogP contribution in [0.1, 0.15) is 35.4 Å². The zero-order valence-corrected chi connectivity index (χ0v) is 18.1. The van der Waals surface area contributed by atoms with Gasteiger partial charge in [-0.15, -0.1) is 0 Å². The van der Waals surface area contributed by atoms with Crippen molar-refractivity contribution in [2.75, 3.05) is 0 Å².